The number of hydrogen-bond donors (Lipinski definition) is 1. The van der Waals surface area contributed by atoms with E-state index in [-0.39, 0.29) is 23.3 Å². The summed E-state index contributed by atoms with van der Waals surface area (Å²) in [6.07, 6.45) is 3.16. The van der Waals surface area contributed by atoms with Crippen molar-refractivity contribution in [3.05, 3.63) is 20.8 Å². The molecule has 0 bridgehead atoms. The quantitative estimate of drug-likeness (QED) is 0.654. The number of thioether (sulfide) groups is 1. The predicted molar refractivity (Wildman–Crippen MR) is 100 cm³/mol. The van der Waals surface area contributed by atoms with Crippen LogP contribution < -0.4 is 10.9 Å². The molecule has 0 aliphatic heterocycles. The lowest BCUT2D eigenvalue weighted by molar-refractivity contribution is -0.119. The van der Waals surface area contributed by atoms with Gasteiger partial charge in [0.1, 0.15) is 4.83 Å². The van der Waals surface area contributed by atoms with Gasteiger partial charge in [-0.05, 0) is 37.7 Å². The number of aryl methyl sites for hydroxylation is 2. The van der Waals surface area contributed by atoms with Crippen LogP contribution in [-0.2, 0) is 24.7 Å². The van der Waals surface area contributed by atoms with Gasteiger partial charge < -0.3 is 5.32 Å². The molecule has 0 spiro atoms. The Hall–Kier alpha value is -1.34. The van der Waals surface area contributed by atoms with Crippen LogP contribution in [0.5, 0.6) is 0 Å². The molecule has 1 N–H and O–H groups in total. The summed E-state index contributed by atoms with van der Waals surface area (Å²) in [7, 11) is 1.74. The van der Waals surface area contributed by atoms with Gasteiger partial charge in [-0.15, -0.1) is 11.3 Å². The maximum absolute atomic E-state index is 12.7. The van der Waals surface area contributed by atoms with E-state index in [4.69, 9.17) is 0 Å². The van der Waals surface area contributed by atoms with E-state index >= 15 is 0 Å². The van der Waals surface area contributed by atoms with Crippen molar-refractivity contribution in [1.29, 1.82) is 0 Å². The highest BCUT2D eigenvalue weighted by atomic mass is 32.2. The molecule has 1 aliphatic carbocycles. The third-order valence-corrected chi connectivity index (χ3v) is 6.84. The monoisotopic (exact) mass is 365 g/mol. The number of fused-ring (bicyclic) bond motifs is 3. The van der Waals surface area contributed by atoms with Crippen molar-refractivity contribution < 1.29 is 4.79 Å². The molecule has 5 nitrogen and oxygen atoms in total. The van der Waals surface area contributed by atoms with Gasteiger partial charge in [-0.1, -0.05) is 25.6 Å². The molecule has 2 heterocycles. The summed E-state index contributed by atoms with van der Waals surface area (Å²) in [5, 5.41) is 4.38. The van der Waals surface area contributed by atoms with Crippen molar-refractivity contribution in [3.63, 3.8) is 0 Å². The van der Waals surface area contributed by atoms with Gasteiger partial charge in [0.25, 0.3) is 5.56 Å². The summed E-state index contributed by atoms with van der Waals surface area (Å²) in [5.74, 6) is 0.643. The van der Waals surface area contributed by atoms with Gasteiger partial charge in [0.2, 0.25) is 5.91 Å². The minimum absolute atomic E-state index is 0.0119. The van der Waals surface area contributed by atoms with Gasteiger partial charge in [-0.3, -0.25) is 14.2 Å². The molecule has 0 fully saturated rings. The minimum atomic E-state index is -0.0239. The largest absolute Gasteiger partial charge is 0.353 e. The van der Waals surface area contributed by atoms with Crippen LogP contribution in [0, 0.1) is 5.92 Å². The molecule has 0 unspecified atom stereocenters. The lowest BCUT2D eigenvalue weighted by Gasteiger charge is -2.17. The molecule has 0 radical (unpaired) electrons. The average molecular weight is 366 g/mol. The molecule has 24 heavy (non-hydrogen) atoms. The maximum atomic E-state index is 12.7. The Balaban J connectivity index is 1.80. The van der Waals surface area contributed by atoms with E-state index in [1.807, 2.05) is 6.92 Å². The summed E-state index contributed by atoms with van der Waals surface area (Å²) in [4.78, 5) is 31.5. The summed E-state index contributed by atoms with van der Waals surface area (Å²) >= 11 is 2.96. The first-order valence-corrected chi connectivity index (χ1v) is 10.1. The second-order valence-corrected chi connectivity index (χ2v) is 8.71. The van der Waals surface area contributed by atoms with Crippen LogP contribution in [0.25, 0.3) is 10.2 Å². The van der Waals surface area contributed by atoms with Crippen molar-refractivity contribution in [2.24, 2.45) is 13.0 Å². The van der Waals surface area contributed by atoms with E-state index in [9.17, 15) is 9.59 Å². The fraction of sp³-hybridized carbons (Fsp3) is 0.588. The van der Waals surface area contributed by atoms with Crippen molar-refractivity contribution >= 4 is 39.2 Å². The first kappa shape index (κ1) is 17.5. The average Bonchev–Trinajstić information content (AvgIpc) is 3.09. The van der Waals surface area contributed by atoms with Gasteiger partial charge in [-0.25, -0.2) is 4.98 Å². The zero-order valence-electron chi connectivity index (χ0n) is 14.5. The van der Waals surface area contributed by atoms with Crippen LogP contribution in [0.2, 0.25) is 0 Å². The first-order valence-electron chi connectivity index (χ1n) is 8.32. The summed E-state index contributed by atoms with van der Waals surface area (Å²) in [6, 6.07) is 0.137. The Morgan fingerprint density at radius 3 is 2.83 bits per heavy atom. The summed E-state index contributed by atoms with van der Waals surface area (Å²) < 4.78 is 1.58. The first-order chi connectivity index (χ1) is 11.4. The van der Waals surface area contributed by atoms with E-state index < -0.39 is 0 Å². The highest BCUT2D eigenvalue weighted by Gasteiger charge is 2.22. The van der Waals surface area contributed by atoms with E-state index in [1.54, 1.807) is 23.0 Å². The fourth-order valence-corrected chi connectivity index (χ4v) is 4.91. The molecule has 130 valence electrons. The number of nitrogens with one attached hydrogen (secondary N) is 1. The smallest absolute Gasteiger partial charge is 0.262 e. The molecule has 2 aromatic rings. The van der Waals surface area contributed by atoms with Gasteiger partial charge in [0.05, 0.1) is 11.1 Å². The highest BCUT2D eigenvalue weighted by Crippen LogP contribution is 2.35. The number of hydrogen-bond acceptors (Lipinski definition) is 5. The van der Waals surface area contributed by atoms with Gasteiger partial charge in [0.15, 0.2) is 5.16 Å². The number of aromatic nitrogens is 2. The SMILES string of the molecule is CC(C)[C@@H](C)NC(=O)CSc1nc2sc3c(c2c(=O)n1C)CCC3. The van der Waals surface area contributed by atoms with Crippen LogP contribution >= 0.6 is 23.1 Å². The van der Waals surface area contributed by atoms with Gasteiger partial charge in [0, 0.05) is 18.0 Å². The Kier molecular flexibility index (Phi) is 5.01. The molecule has 0 saturated heterocycles. The number of rotatable bonds is 5. The highest BCUT2D eigenvalue weighted by molar-refractivity contribution is 7.99. The molecular weight excluding hydrogens is 342 g/mol. The molecule has 2 aromatic heterocycles. The van der Waals surface area contributed by atoms with Crippen molar-refractivity contribution in [2.75, 3.05) is 5.75 Å². The maximum Gasteiger partial charge on any atom is 0.262 e. The van der Waals surface area contributed by atoms with Crippen LogP contribution in [0.15, 0.2) is 9.95 Å². The van der Waals surface area contributed by atoms with Crippen LogP contribution in [-0.4, -0.2) is 27.3 Å². The molecule has 1 amide bonds. The molecule has 0 saturated carbocycles. The van der Waals surface area contributed by atoms with Crippen molar-refractivity contribution in [2.45, 2.75) is 51.2 Å². The number of carbonyl (C=O) groups excluding carboxylic acids is 1. The van der Waals surface area contributed by atoms with E-state index in [0.717, 1.165) is 29.5 Å². The standard InChI is InChI=1S/C17H23N3O2S2/c1-9(2)10(3)18-13(21)8-23-17-19-15-14(16(22)20(17)4)11-6-5-7-12(11)24-15/h9-10H,5-8H2,1-4H3,(H,18,21)/t10-/m1/s1. The van der Waals surface area contributed by atoms with Crippen LogP contribution in [0.4, 0.5) is 0 Å². The van der Waals surface area contributed by atoms with E-state index in [1.165, 1.54) is 22.2 Å². The molecule has 7 heteroatoms. The van der Waals surface area contributed by atoms with Gasteiger partial charge in [-0.2, -0.15) is 0 Å². The third-order valence-electron chi connectivity index (χ3n) is 4.63. The second-order valence-electron chi connectivity index (χ2n) is 6.68. The normalized spacial score (nSPS) is 15.0. The predicted octanol–water partition coefficient (Wildman–Crippen LogP) is 2.74. The topological polar surface area (TPSA) is 64.0 Å². The summed E-state index contributed by atoms with van der Waals surface area (Å²) in [5.41, 5.74) is 1.21. The number of carbonyl (C=O) groups is 1. The Morgan fingerprint density at radius 2 is 2.12 bits per heavy atom. The van der Waals surface area contributed by atoms with E-state index in [2.05, 4.69) is 24.1 Å². The van der Waals surface area contributed by atoms with Crippen LogP contribution in [0.3, 0.4) is 0 Å². The Bertz CT molecular complexity index is 838. The zero-order chi connectivity index (χ0) is 17.4. The molecule has 1 atom stereocenters. The number of nitrogens with zero attached hydrogens (tertiary/aromatic N) is 2. The minimum Gasteiger partial charge on any atom is -0.353 e. The van der Waals surface area contributed by atoms with Gasteiger partial charge >= 0.3 is 0 Å². The summed E-state index contributed by atoms with van der Waals surface area (Å²) in [6.45, 7) is 6.15. The lowest BCUT2D eigenvalue weighted by Crippen LogP contribution is -2.37. The molecular formula is C17H23N3O2S2. The molecule has 3 rings (SSSR count). The van der Waals surface area contributed by atoms with Crippen molar-refractivity contribution in [3.8, 4) is 0 Å². The fourth-order valence-electron chi connectivity index (χ4n) is 2.83. The Labute approximate surface area is 149 Å². The Morgan fingerprint density at radius 1 is 1.38 bits per heavy atom. The number of amides is 1. The van der Waals surface area contributed by atoms with Crippen molar-refractivity contribution in [1.82, 2.24) is 14.9 Å². The van der Waals surface area contributed by atoms with E-state index in [0.29, 0.717) is 11.1 Å². The third kappa shape index (κ3) is 3.24. The molecule has 0 aromatic carbocycles. The second kappa shape index (κ2) is 6.88. The number of thiophene rings is 1. The molecule has 1 aliphatic rings. The van der Waals surface area contributed by atoms with Crippen LogP contribution in [0.1, 0.15) is 37.6 Å². The zero-order valence-corrected chi connectivity index (χ0v) is 16.1. The lowest BCUT2D eigenvalue weighted by atomic mass is 10.1.